The van der Waals surface area contributed by atoms with Crippen LogP contribution in [-0.4, -0.2) is 18.5 Å². The standard InChI is InChI=1S/C12H22N2O/c13-12(15)10-6-1-2-7-11(10)14-8-9-4-3-5-9/h9-11,14H,1-8H2,(H2,13,15)/t10-,11-/m1/s1. The Labute approximate surface area is 91.8 Å². The lowest BCUT2D eigenvalue weighted by Gasteiger charge is -2.33. The van der Waals surface area contributed by atoms with Gasteiger partial charge in [0.15, 0.2) is 0 Å². The summed E-state index contributed by atoms with van der Waals surface area (Å²) in [6, 6.07) is 0.358. The summed E-state index contributed by atoms with van der Waals surface area (Å²) in [5.74, 6) is 0.833. The van der Waals surface area contributed by atoms with Gasteiger partial charge in [-0.05, 0) is 38.1 Å². The van der Waals surface area contributed by atoms with Crippen molar-refractivity contribution in [2.75, 3.05) is 6.54 Å². The second kappa shape index (κ2) is 4.97. The number of carbonyl (C=O) groups excluding carboxylic acids is 1. The minimum Gasteiger partial charge on any atom is -0.369 e. The molecule has 0 unspecified atom stereocenters. The second-order valence-electron chi connectivity index (χ2n) is 5.10. The average Bonchev–Trinajstić information content (AvgIpc) is 2.16. The van der Waals surface area contributed by atoms with E-state index in [-0.39, 0.29) is 11.8 Å². The lowest BCUT2D eigenvalue weighted by molar-refractivity contribution is -0.123. The SMILES string of the molecule is NC(=O)[C@@H]1CCCC[C@H]1NCC1CCC1. The van der Waals surface area contributed by atoms with Crippen molar-refractivity contribution in [3.05, 3.63) is 0 Å². The maximum Gasteiger partial charge on any atom is 0.222 e. The van der Waals surface area contributed by atoms with Crippen molar-refractivity contribution in [2.24, 2.45) is 17.6 Å². The maximum atomic E-state index is 11.3. The highest BCUT2D eigenvalue weighted by Gasteiger charge is 2.29. The van der Waals surface area contributed by atoms with E-state index in [4.69, 9.17) is 5.73 Å². The van der Waals surface area contributed by atoms with E-state index >= 15 is 0 Å². The fraction of sp³-hybridized carbons (Fsp3) is 0.917. The van der Waals surface area contributed by atoms with E-state index in [0.717, 1.165) is 31.7 Å². The number of amides is 1. The van der Waals surface area contributed by atoms with Crippen molar-refractivity contribution >= 4 is 5.91 Å². The van der Waals surface area contributed by atoms with Crippen LogP contribution in [0.25, 0.3) is 0 Å². The number of hydrogen-bond acceptors (Lipinski definition) is 2. The predicted octanol–water partition coefficient (Wildman–Crippen LogP) is 1.42. The molecule has 0 aromatic rings. The third kappa shape index (κ3) is 2.71. The molecule has 0 spiro atoms. The van der Waals surface area contributed by atoms with Crippen molar-refractivity contribution in [2.45, 2.75) is 51.0 Å². The third-order valence-corrected chi connectivity index (χ3v) is 4.02. The van der Waals surface area contributed by atoms with Crippen LogP contribution in [0.2, 0.25) is 0 Å². The molecule has 2 fully saturated rings. The monoisotopic (exact) mass is 210 g/mol. The topological polar surface area (TPSA) is 55.1 Å². The summed E-state index contributed by atoms with van der Waals surface area (Å²) in [6.45, 7) is 1.09. The number of carbonyl (C=O) groups is 1. The smallest absolute Gasteiger partial charge is 0.222 e. The first-order valence-electron chi connectivity index (χ1n) is 6.30. The lowest BCUT2D eigenvalue weighted by atomic mass is 9.82. The quantitative estimate of drug-likeness (QED) is 0.737. The summed E-state index contributed by atoms with van der Waals surface area (Å²) >= 11 is 0. The van der Waals surface area contributed by atoms with Crippen LogP contribution in [0.3, 0.4) is 0 Å². The Balaban J connectivity index is 1.78. The molecule has 3 heteroatoms. The van der Waals surface area contributed by atoms with Gasteiger partial charge in [-0.25, -0.2) is 0 Å². The molecule has 3 N–H and O–H groups in total. The van der Waals surface area contributed by atoms with Gasteiger partial charge in [0.1, 0.15) is 0 Å². The molecule has 86 valence electrons. The van der Waals surface area contributed by atoms with Gasteiger partial charge in [0.2, 0.25) is 5.91 Å². The molecular formula is C12H22N2O. The van der Waals surface area contributed by atoms with E-state index in [1.54, 1.807) is 0 Å². The molecule has 0 saturated heterocycles. The molecule has 0 radical (unpaired) electrons. The first kappa shape index (κ1) is 10.9. The van der Waals surface area contributed by atoms with Crippen molar-refractivity contribution in [1.82, 2.24) is 5.32 Å². The molecule has 0 heterocycles. The first-order valence-corrected chi connectivity index (χ1v) is 6.30. The Hall–Kier alpha value is -0.570. The number of nitrogens with one attached hydrogen (secondary N) is 1. The minimum absolute atomic E-state index is 0.0822. The molecule has 2 rings (SSSR count). The van der Waals surface area contributed by atoms with Crippen molar-refractivity contribution in [3.63, 3.8) is 0 Å². The van der Waals surface area contributed by atoms with Crippen LogP contribution in [0, 0.1) is 11.8 Å². The van der Waals surface area contributed by atoms with Crippen LogP contribution in [0.5, 0.6) is 0 Å². The van der Waals surface area contributed by atoms with Gasteiger partial charge in [-0.3, -0.25) is 4.79 Å². The minimum atomic E-state index is -0.110. The molecule has 1 amide bonds. The van der Waals surface area contributed by atoms with Gasteiger partial charge >= 0.3 is 0 Å². The summed E-state index contributed by atoms with van der Waals surface area (Å²) < 4.78 is 0. The lowest BCUT2D eigenvalue weighted by Crippen LogP contribution is -2.46. The van der Waals surface area contributed by atoms with Gasteiger partial charge in [0, 0.05) is 6.04 Å². The zero-order valence-corrected chi connectivity index (χ0v) is 9.37. The largest absolute Gasteiger partial charge is 0.369 e. The van der Waals surface area contributed by atoms with Crippen molar-refractivity contribution in [1.29, 1.82) is 0 Å². The van der Waals surface area contributed by atoms with E-state index in [1.165, 1.54) is 25.7 Å². The molecule has 0 aromatic heterocycles. The summed E-state index contributed by atoms with van der Waals surface area (Å²) in [7, 11) is 0. The van der Waals surface area contributed by atoms with Crippen molar-refractivity contribution < 1.29 is 4.79 Å². The van der Waals surface area contributed by atoms with Gasteiger partial charge in [-0.2, -0.15) is 0 Å². The van der Waals surface area contributed by atoms with E-state index in [9.17, 15) is 4.79 Å². The van der Waals surface area contributed by atoms with Gasteiger partial charge in [-0.15, -0.1) is 0 Å². The summed E-state index contributed by atoms with van der Waals surface area (Å²) in [4.78, 5) is 11.3. The summed E-state index contributed by atoms with van der Waals surface area (Å²) in [5.41, 5.74) is 5.43. The Morgan fingerprint density at radius 1 is 1.13 bits per heavy atom. The molecule has 0 aromatic carbocycles. The Morgan fingerprint density at radius 2 is 1.87 bits per heavy atom. The predicted molar refractivity (Wildman–Crippen MR) is 60.3 cm³/mol. The van der Waals surface area contributed by atoms with Gasteiger partial charge in [0.05, 0.1) is 5.92 Å². The van der Waals surface area contributed by atoms with E-state index in [2.05, 4.69) is 5.32 Å². The maximum absolute atomic E-state index is 11.3. The fourth-order valence-electron chi connectivity index (χ4n) is 2.73. The molecule has 2 aliphatic rings. The molecule has 3 nitrogen and oxygen atoms in total. The fourth-order valence-corrected chi connectivity index (χ4v) is 2.73. The van der Waals surface area contributed by atoms with Crippen LogP contribution in [0.1, 0.15) is 44.9 Å². The molecule has 2 saturated carbocycles. The van der Waals surface area contributed by atoms with Gasteiger partial charge < -0.3 is 11.1 Å². The normalized spacial score (nSPS) is 32.3. The average molecular weight is 210 g/mol. The highest BCUT2D eigenvalue weighted by molar-refractivity contribution is 5.77. The number of nitrogens with two attached hydrogens (primary N) is 1. The molecule has 0 aliphatic heterocycles. The molecule has 2 aliphatic carbocycles. The number of primary amides is 1. The van der Waals surface area contributed by atoms with Crippen LogP contribution < -0.4 is 11.1 Å². The van der Waals surface area contributed by atoms with Gasteiger partial charge in [-0.1, -0.05) is 19.3 Å². The number of rotatable bonds is 4. The number of hydrogen-bond donors (Lipinski definition) is 2. The molecule has 2 atom stereocenters. The molecular weight excluding hydrogens is 188 g/mol. The Morgan fingerprint density at radius 3 is 2.47 bits per heavy atom. The highest BCUT2D eigenvalue weighted by atomic mass is 16.1. The second-order valence-corrected chi connectivity index (χ2v) is 5.10. The third-order valence-electron chi connectivity index (χ3n) is 4.02. The van der Waals surface area contributed by atoms with Crippen molar-refractivity contribution in [3.8, 4) is 0 Å². The first-order chi connectivity index (χ1) is 7.27. The Bertz CT molecular complexity index is 226. The Kier molecular flexibility index (Phi) is 3.62. The van der Waals surface area contributed by atoms with E-state index < -0.39 is 0 Å². The highest BCUT2D eigenvalue weighted by Crippen LogP contribution is 2.28. The summed E-state index contributed by atoms with van der Waals surface area (Å²) in [5, 5.41) is 3.55. The van der Waals surface area contributed by atoms with E-state index in [0.29, 0.717) is 6.04 Å². The van der Waals surface area contributed by atoms with E-state index in [1.807, 2.05) is 0 Å². The van der Waals surface area contributed by atoms with Crippen LogP contribution in [-0.2, 0) is 4.79 Å². The van der Waals surface area contributed by atoms with Gasteiger partial charge in [0.25, 0.3) is 0 Å². The summed E-state index contributed by atoms with van der Waals surface area (Å²) in [6.07, 6.45) is 8.62. The zero-order chi connectivity index (χ0) is 10.7. The van der Waals surface area contributed by atoms with Crippen LogP contribution >= 0.6 is 0 Å². The molecule has 15 heavy (non-hydrogen) atoms. The van der Waals surface area contributed by atoms with Crippen LogP contribution in [0.15, 0.2) is 0 Å². The molecule has 0 bridgehead atoms. The zero-order valence-electron chi connectivity index (χ0n) is 9.37. The van der Waals surface area contributed by atoms with Crippen LogP contribution in [0.4, 0.5) is 0 Å².